The predicted molar refractivity (Wildman–Crippen MR) is 82.2 cm³/mol. The van der Waals surface area contributed by atoms with Crippen LogP contribution in [0.5, 0.6) is 0 Å². The van der Waals surface area contributed by atoms with E-state index in [0.717, 1.165) is 18.4 Å². The minimum absolute atomic E-state index is 0.0921. The fourth-order valence-corrected chi connectivity index (χ4v) is 3.23. The van der Waals surface area contributed by atoms with Gasteiger partial charge in [0.2, 0.25) is 0 Å². The van der Waals surface area contributed by atoms with Crippen molar-refractivity contribution >= 4 is 5.91 Å². The number of hydrogen-bond donors (Lipinski definition) is 1. The van der Waals surface area contributed by atoms with Gasteiger partial charge in [-0.2, -0.15) is 0 Å². The van der Waals surface area contributed by atoms with Crippen molar-refractivity contribution in [2.24, 2.45) is 0 Å². The lowest BCUT2D eigenvalue weighted by molar-refractivity contribution is 0.0950. The molecule has 0 aromatic heterocycles. The fourth-order valence-electron chi connectivity index (χ4n) is 3.23. The van der Waals surface area contributed by atoms with Crippen LogP contribution in [0.15, 0.2) is 18.2 Å². The Hall–Kier alpha value is -1.31. The Balaban J connectivity index is 1.99. The SMILES string of the molecule is CC1(C)CCC(C)(C)c2cc(C(=O)NC3CC3)ccc21. The Labute approximate surface area is 122 Å². The molecular weight excluding hydrogens is 246 g/mol. The van der Waals surface area contributed by atoms with Gasteiger partial charge in [-0.1, -0.05) is 33.8 Å². The summed E-state index contributed by atoms with van der Waals surface area (Å²) in [5, 5.41) is 3.09. The molecule has 0 bridgehead atoms. The number of hydrogen-bond acceptors (Lipinski definition) is 1. The van der Waals surface area contributed by atoms with Gasteiger partial charge in [-0.3, -0.25) is 4.79 Å². The Bertz CT molecular complexity index is 553. The molecule has 20 heavy (non-hydrogen) atoms. The lowest BCUT2D eigenvalue weighted by Crippen LogP contribution is -2.34. The minimum Gasteiger partial charge on any atom is -0.349 e. The third-order valence-electron chi connectivity index (χ3n) is 5.03. The van der Waals surface area contributed by atoms with Crippen LogP contribution in [0.1, 0.15) is 74.9 Å². The molecule has 0 spiro atoms. The molecule has 2 heteroatoms. The molecule has 1 aromatic carbocycles. The second-order valence-corrected chi connectivity index (χ2v) is 7.78. The molecule has 2 aliphatic carbocycles. The van der Waals surface area contributed by atoms with E-state index >= 15 is 0 Å². The minimum atomic E-state index is 0.0921. The van der Waals surface area contributed by atoms with Crippen LogP contribution >= 0.6 is 0 Å². The smallest absolute Gasteiger partial charge is 0.251 e. The van der Waals surface area contributed by atoms with Crippen LogP contribution in [0.4, 0.5) is 0 Å². The molecule has 0 radical (unpaired) electrons. The van der Waals surface area contributed by atoms with Crippen molar-refractivity contribution in [3.63, 3.8) is 0 Å². The third-order valence-corrected chi connectivity index (χ3v) is 5.03. The lowest BCUT2D eigenvalue weighted by Gasteiger charge is -2.42. The van der Waals surface area contributed by atoms with Crippen LogP contribution < -0.4 is 5.32 Å². The highest BCUT2D eigenvalue weighted by atomic mass is 16.1. The van der Waals surface area contributed by atoms with E-state index < -0.39 is 0 Å². The highest BCUT2D eigenvalue weighted by Gasteiger charge is 2.37. The zero-order chi connectivity index (χ0) is 14.5. The maximum atomic E-state index is 12.2. The van der Waals surface area contributed by atoms with E-state index in [1.54, 1.807) is 0 Å². The molecular formula is C18H25NO. The Morgan fingerprint density at radius 3 is 2.25 bits per heavy atom. The third kappa shape index (κ3) is 2.36. The van der Waals surface area contributed by atoms with Crippen molar-refractivity contribution in [1.82, 2.24) is 5.32 Å². The quantitative estimate of drug-likeness (QED) is 0.867. The van der Waals surface area contributed by atoms with Gasteiger partial charge in [0.25, 0.3) is 5.91 Å². The Kier molecular flexibility index (Phi) is 2.97. The zero-order valence-electron chi connectivity index (χ0n) is 13.0. The number of nitrogens with one attached hydrogen (secondary N) is 1. The zero-order valence-corrected chi connectivity index (χ0v) is 13.0. The van der Waals surface area contributed by atoms with Crippen LogP contribution in [-0.2, 0) is 10.8 Å². The molecule has 0 atom stereocenters. The molecule has 1 amide bonds. The van der Waals surface area contributed by atoms with E-state index in [9.17, 15) is 4.79 Å². The highest BCUT2D eigenvalue weighted by Crippen LogP contribution is 2.45. The molecule has 0 saturated heterocycles. The number of rotatable bonds is 2. The van der Waals surface area contributed by atoms with Crippen LogP contribution in [0.2, 0.25) is 0 Å². The first-order chi connectivity index (χ1) is 9.29. The maximum Gasteiger partial charge on any atom is 0.251 e. The van der Waals surface area contributed by atoms with Crippen LogP contribution in [0.3, 0.4) is 0 Å². The molecule has 108 valence electrons. The van der Waals surface area contributed by atoms with E-state index in [0.29, 0.717) is 6.04 Å². The summed E-state index contributed by atoms with van der Waals surface area (Å²) in [6, 6.07) is 6.73. The summed E-state index contributed by atoms with van der Waals surface area (Å²) in [7, 11) is 0. The summed E-state index contributed by atoms with van der Waals surface area (Å²) in [6.07, 6.45) is 4.66. The van der Waals surface area contributed by atoms with E-state index in [4.69, 9.17) is 0 Å². The summed E-state index contributed by atoms with van der Waals surface area (Å²) in [5.41, 5.74) is 3.98. The maximum absolute atomic E-state index is 12.2. The number of fused-ring (bicyclic) bond motifs is 1. The summed E-state index contributed by atoms with van der Waals surface area (Å²) >= 11 is 0. The fraction of sp³-hybridized carbons (Fsp3) is 0.611. The summed E-state index contributed by atoms with van der Waals surface area (Å²) in [5.74, 6) is 0.0921. The van der Waals surface area contributed by atoms with Crippen LogP contribution in [0, 0.1) is 0 Å². The van der Waals surface area contributed by atoms with Crippen molar-refractivity contribution in [3.05, 3.63) is 34.9 Å². The number of carbonyl (C=O) groups excluding carboxylic acids is 1. The molecule has 2 nitrogen and oxygen atoms in total. The van der Waals surface area contributed by atoms with Crippen molar-refractivity contribution in [3.8, 4) is 0 Å². The van der Waals surface area contributed by atoms with Gasteiger partial charge in [-0.05, 0) is 59.8 Å². The van der Waals surface area contributed by atoms with Crippen LogP contribution in [-0.4, -0.2) is 11.9 Å². The predicted octanol–water partition coefficient (Wildman–Crippen LogP) is 3.93. The second kappa shape index (κ2) is 4.34. The molecule has 3 rings (SSSR count). The molecule has 0 aliphatic heterocycles. The average Bonchev–Trinajstić information content (AvgIpc) is 3.19. The molecule has 0 unspecified atom stereocenters. The molecule has 2 aliphatic rings. The van der Waals surface area contributed by atoms with Crippen molar-refractivity contribution in [2.45, 2.75) is 70.3 Å². The van der Waals surface area contributed by atoms with E-state index in [1.807, 2.05) is 6.07 Å². The highest BCUT2D eigenvalue weighted by molar-refractivity contribution is 5.95. The first-order valence-corrected chi connectivity index (χ1v) is 7.75. The van der Waals surface area contributed by atoms with Gasteiger partial charge in [0, 0.05) is 11.6 Å². The topological polar surface area (TPSA) is 29.1 Å². The van der Waals surface area contributed by atoms with Gasteiger partial charge in [-0.25, -0.2) is 0 Å². The number of carbonyl (C=O) groups is 1. The molecule has 1 aromatic rings. The lowest BCUT2D eigenvalue weighted by atomic mass is 9.63. The van der Waals surface area contributed by atoms with Gasteiger partial charge in [0.05, 0.1) is 0 Å². The van der Waals surface area contributed by atoms with Gasteiger partial charge in [-0.15, -0.1) is 0 Å². The Morgan fingerprint density at radius 1 is 1.05 bits per heavy atom. The van der Waals surface area contributed by atoms with E-state index in [1.165, 1.54) is 24.0 Å². The van der Waals surface area contributed by atoms with Crippen LogP contribution in [0.25, 0.3) is 0 Å². The number of benzene rings is 1. The first-order valence-electron chi connectivity index (χ1n) is 7.75. The van der Waals surface area contributed by atoms with E-state index in [2.05, 4.69) is 45.1 Å². The molecule has 1 fully saturated rings. The average molecular weight is 271 g/mol. The van der Waals surface area contributed by atoms with Gasteiger partial charge in [0.15, 0.2) is 0 Å². The van der Waals surface area contributed by atoms with Crippen molar-refractivity contribution in [1.29, 1.82) is 0 Å². The standard InChI is InChI=1S/C18H25NO/c1-17(2)9-10-18(3,4)15-11-12(5-8-14(15)17)16(20)19-13-6-7-13/h5,8,11,13H,6-7,9-10H2,1-4H3,(H,19,20). The monoisotopic (exact) mass is 271 g/mol. The van der Waals surface area contributed by atoms with Gasteiger partial charge in [0.1, 0.15) is 0 Å². The Morgan fingerprint density at radius 2 is 1.65 bits per heavy atom. The number of amides is 1. The largest absolute Gasteiger partial charge is 0.349 e. The summed E-state index contributed by atoms with van der Waals surface area (Å²) in [4.78, 5) is 12.2. The first kappa shape index (κ1) is 13.7. The van der Waals surface area contributed by atoms with E-state index in [-0.39, 0.29) is 16.7 Å². The molecule has 1 saturated carbocycles. The molecule has 0 heterocycles. The normalized spacial score (nSPS) is 23.0. The van der Waals surface area contributed by atoms with Gasteiger partial charge < -0.3 is 5.32 Å². The van der Waals surface area contributed by atoms with Crippen molar-refractivity contribution < 1.29 is 4.79 Å². The molecule has 1 N–H and O–H groups in total. The van der Waals surface area contributed by atoms with Crippen molar-refractivity contribution in [2.75, 3.05) is 0 Å². The second-order valence-electron chi connectivity index (χ2n) is 7.78. The summed E-state index contributed by atoms with van der Waals surface area (Å²) < 4.78 is 0. The van der Waals surface area contributed by atoms with Gasteiger partial charge >= 0.3 is 0 Å². The summed E-state index contributed by atoms with van der Waals surface area (Å²) in [6.45, 7) is 9.21.